The quantitative estimate of drug-likeness (QED) is 0.764. The van der Waals surface area contributed by atoms with E-state index in [2.05, 4.69) is 0 Å². The lowest BCUT2D eigenvalue weighted by molar-refractivity contribution is -0.136. The number of aliphatic carboxylic acids is 1. The molecule has 1 N–H and O–H groups in total. The van der Waals surface area contributed by atoms with E-state index in [1.807, 2.05) is 12.1 Å². The molecule has 0 unspecified atom stereocenters. The van der Waals surface area contributed by atoms with E-state index in [4.69, 9.17) is 9.52 Å². The second kappa shape index (κ2) is 2.94. The van der Waals surface area contributed by atoms with Gasteiger partial charge in [-0.2, -0.15) is 0 Å². The topological polar surface area (TPSA) is 50.4 Å². The van der Waals surface area contributed by atoms with Crippen LogP contribution in [-0.4, -0.2) is 11.1 Å². The molecule has 0 aromatic heterocycles. The highest BCUT2D eigenvalue weighted by atomic mass is 16.4. The van der Waals surface area contributed by atoms with Crippen LogP contribution in [0.1, 0.15) is 6.99 Å². The number of hydrogen-bond donors (Lipinski definition) is 1. The van der Waals surface area contributed by atoms with Crippen LogP contribution in [0.2, 0.25) is 0 Å². The molecule has 0 saturated heterocycles. The highest BCUT2D eigenvalue weighted by Gasteiger charge is 2.11. The summed E-state index contributed by atoms with van der Waals surface area (Å²) >= 11 is 0. The zero-order chi connectivity index (χ0) is 9.26. The Hall–Kier alpha value is -1.77. The van der Waals surface area contributed by atoms with Crippen molar-refractivity contribution < 1.29 is 15.7 Å². The molecule has 0 atom stereocenters. The highest BCUT2D eigenvalue weighted by molar-refractivity contribution is 5.78. The molecule has 0 saturated carbocycles. The molecular formula is C10H9O3+. The fraction of sp³-hybridized carbons (Fsp3) is 0.100. The molecule has 1 aliphatic heterocycles. The molecule has 1 heterocycles. The summed E-state index contributed by atoms with van der Waals surface area (Å²) in [4.78, 5) is 10.5. The second-order valence-electron chi connectivity index (χ2n) is 2.85. The number of hydrogen-bond acceptors (Lipinski definition) is 2. The molecule has 0 radical (unpaired) electrons. The molecule has 1 aliphatic carbocycles. The number of carboxylic acids is 1. The van der Waals surface area contributed by atoms with Gasteiger partial charge in [-0.1, -0.05) is 12.1 Å². The van der Waals surface area contributed by atoms with Crippen LogP contribution < -0.4 is 0 Å². The molecule has 0 bridgehead atoms. The first-order valence-corrected chi connectivity index (χ1v) is 3.93. The minimum atomic E-state index is -0.812. The van der Waals surface area contributed by atoms with Crippen molar-refractivity contribution in [1.29, 1.82) is 0 Å². The van der Waals surface area contributed by atoms with Gasteiger partial charge >= 0.3 is 7.40 Å². The lowest BCUT2D eigenvalue weighted by Gasteiger charge is -1.99. The molecule has 0 aromatic rings. The van der Waals surface area contributed by atoms with Gasteiger partial charge in [-0.3, -0.25) is 4.79 Å². The standard InChI is InChI=1S/C10H8O3/c11-10(12)5-7-1-2-8-6-13-4-3-9(7)8/h1-4,6H,5H2,(H,11,12)/p+1. The Morgan fingerprint density at radius 1 is 1.46 bits per heavy atom. The largest absolute Gasteiger partial charge is 1.00 e. The average Bonchev–Trinajstić information content (AvgIpc) is 2.48. The Bertz CT molecular complexity index is 408. The van der Waals surface area contributed by atoms with E-state index in [1.54, 1.807) is 18.6 Å². The predicted octanol–water partition coefficient (Wildman–Crippen LogP) is 2.12. The van der Waals surface area contributed by atoms with E-state index in [0.717, 1.165) is 16.7 Å². The molecule has 2 aliphatic rings. The van der Waals surface area contributed by atoms with E-state index in [9.17, 15) is 4.79 Å². The van der Waals surface area contributed by atoms with E-state index in [0.29, 0.717) is 0 Å². The minimum Gasteiger partial charge on any atom is -0.481 e. The van der Waals surface area contributed by atoms with Crippen LogP contribution in [0, 0.1) is 0 Å². The predicted molar refractivity (Wildman–Crippen MR) is 47.8 cm³/mol. The van der Waals surface area contributed by atoms with Gasteiger partial charge in [-0.15, -0.1) is 0 Å². The van der Waals surface area contributed by atoms with Crippen LogP contribution in [0.15, 0.2) is 35.1 Å². The average molecular weight is 177 g/mol. The summed E-state index contributed by atoms with van der Waals surface area (Å²) in [7, 11) is 0. The van der Waals surface area contributed by atoms with Gasteiger partial charge in [-0.25, -0.2) is 0 Å². The van der Waals surface area contributed by atoms with Crippen LogP contribution in [0.3, 0.4) is 0 Å². The van der Waals surface area contributed by atoms with Crippen molar-refractivity contribution >= 4 is 5.97 Å². The number of carboxylic acid groups (broad SMARTS) is 1. The first kappa shape index (κ1) is 7.86. The number of fused-ring (bicyclic) bond motifs is 1. The molecule has 0 spiro atoms. The molecule has 13 heavy (non-hydrogen) atoms. The van der Waals surface area contributed by atoms with Gasteiger partial charge in [0.15, 0.2) is 0 Å². The van der Waals surface area contributed by atoms with Gasteiger partial charge in [0.05, 0.1) is 18.9 Å². The van der Waals surface area contributed by atoms with E-state index >= 15 is 0 Å². The molecule has 0 aromatic carbocycles. The second-order valence-corrected chi connectivity index (χ2v) is 2.85. The minimum absolute atomic E-state index is 0. The maximum Gasteiger partial charge on any atom is 1.00 e. The first-order chi connectivity index (χ1) is 6.27. The summed E-state index contributed by atoms with van der Waals surface area (Å²) in [5, 5.41) is 8.62. The van der Waals surface area contributed by atoms with Crippen molar-refractivity contribution in [1.82, 2.24) is 0 Å². The summed E-state index contributed by atoms with van der Waals surface area (Å²) in [6.45, 7) is 0. The van der Waals surface area contributed by atoms with Gasteiger partial charge in [0.25, 0.3) is 0 Å². The van der Waals surface area contributed by atoms with Crippen LogP contribution in [0.4, 0.5) is 0 Å². The van der Waals surface area contributed by atoms with E-state index in [-0.39, 0.29) is 7.85 Å². The lowest BCUT2D eigenvalue weighted by Crippen LogP contribution is -1.99. The SMILES string of the molecule is O=C(O)Cc1ccc2coccc1-2.[H+]. The molecule has 2 rings (SSSR count). The monoisotopic (exact) mass is 177 g/mol. The van der Waals surface area contributed by atoms with Gasteiger partial charge in [0.2, 0.25) is 0 Å². The third-order valence-corrected chi connectivity index (χ3v) is 1.97. The van der Waals surface area contributed by atoms with Crippen molar-refractivity contribution in [3.05, 3.63) is 36.3 Å². The van der Waals surface area contributed by atoms with Crippen molar-refractivity contribution in [2.24, 2.45) is 0 Å². The zero-order valence-corrected chi connectivity index (χ0v) is 6.86. The summed E-state index contributed by atoms with van der Waals surface area (Å²) in [6, 6.07) is 5.46. The molecular weight excluding hydrogens is 168 g/mol. The van der Waals surface area contributed by atoms with Gasteiger partial charge < -0.3 is 9.52 Å². The normalized spacial score (nSPS) is 10.5. The number of rotatable bonds is 2. The Labute approximate surface area is 76.4 Å². The molecule has 3 heteroatoms. The van der Waals surface area contributed by atoms with Crippen LogP contribution >= 0.6 is 0 Å². The van der Waals surface area contributed by atoms with Crippen molar-refractivity contribution in [3.8, 4) is 11.1 Å². The third-order valence-electron chi connectivity index (χ3n) is 1.97. The van der Waals surface area contributed by atoms with Gasteiger partial charge in [-0.05, 0) is 17.2 Å². The third kappa shape index (κ3) is 1.40. The highest BCUT2D eigenvalue weighted by Crippen LogP contribution is 2.27. The Balaban J connectivity index is 0.000000980. The van der Waals surface area contributed by atoms with Crippen LogP contribution in [0.5, 0.6) is 0 Å². The summed E-state index contributed by atoms with van der Waals surface area (Å²) in [5.74, 6) is -0.812. The lowest BCUT2D eigenvalue weighted by atomic mass is 10.1. The van der Waals surface area contributed by atoms with Crippen molar-refractivity contribution in [3.63, 3.8) is 0 Å². The fourth-order valence-electron chi connectivity index (χ4n) is 1.40. The van der Waals surface area contributed by atoms with Gasteiger partial charge in [0, 0.05) is 5.56 Å². The molecule has 0 fully saturated rings. The Morgan fingerprint density at radius 2 is 2.31 bits per heavy atom. The van der Waals surface area contributed by atoms with Crippen LogP contribution in [-0.2, 0) is 11.2 Å². The Kier molecular flexibility index (Phi) is 1.77. The van der Waals surface area contributed by atoms with E-state index in [1.165, 1.54) is 0 Å². The van der Waals surface area contributed by atoms with Crippen molar-refractivity contribution in [2.75, 3.05) is 0 Å². The first-order valence-electron chi connectivity index (χ1n) is 3.93. The summed E-state index contributed by atoms with van der Waals surface area (Å²) < 4.78 is 4.96. The maximum atomic E-state index is 10.5. The molecule has 66 valence electrons. The number of carbonyl (C=O) groups is 1. The van der Waals surface area contributed by atoms with Gasteiger partial charge in [0.1, 0.15) is 0 Å². The molecule has 3 nitrogen and oxygen atoms in total. The zero-order valence-electron chi connectivity index (χ0n) is 7.86. The smallest absolute Gasteiger partial charge is 0.481 e. The Morgan fingerprint density at radius 3 is 3.08 bits per heavy atom. The maximum absolute atomic E-state index is 10.5. The molecule has 0 amide bonds. The van der Waals surface area contributed by atoms with Crippen molar-refractivity contribution in [2.45, 2.75) is 6.42 Å². The summed E-state index contributed by atoms with van der Waals surface area (Å²) in [5.41, 5.74) is 2.73. The fourth-order valence-corrected chi connectivity index (χ4v) is 1.40. The van der Waals surface area contributed by atoms with Crippen LogP contribution in [0.25, 0.3) is 11.1 Å². The summed E-state index contributed by atoms with van der Waals surface area (Å²) in [6.07, 6.45) is 3.22. The van der Waals surface area contributed by atoms with E-state index < -0.39 is 5.97 Å².